The Morgan fingerprint density at radius 1 is 1.31 bits per heavy atom. The average Bonchev–Trinajstić information content (AvgIpc) is 2.04. The van der Waals surface area contributed by atoms with E-state index in [0.29, 0.717) is 13.2 Å². The topological polar surface area (TPSA) is 64.6 Å². The molecular formula is C7H17NO4S. The molecule has 80 valence electrons. The number of nitrogens with one attached hydrogen (secondary N) is 1. The molecule has 0 atom stereocenters. The number of hydrogen-bond acceptors (Lipinski definition) is 5. The van der Waals surface area contributed by atoms with Gasteiger partial charge in [-0.3, -0.25) is 4.18 Å². The highest BCUT2D eigenvalue weighted by molar-refractivity contribution is 7.86. The normalized spacial score (nSPS) is 11.8. The smallest absolute Gasteiger partial charge is 0.269 e. The van der Waals surface area contributed by atoms with Crippen molar-refractivity contribution < 1.29 is 17.3 Å². The van der Waals surface area contributed by atoms with Crippen LogP contribution in [0.5, 0.6) is 0 Å². The minimum atomic E-state index is -3.36. The summed E-state index contributed by atoms with van der Waals surface area (Å²) in [6, 6.07) is 0. The molecule has 0 aromatic heterocycles. The second-order valence-electron chi connectivity index (χ2n) is 2.38. The van der Waals surface area contributed by atoms with Gasteiger partial charge in [0.25, 0.3) is 10.1 Å². The Bertz CT molecular complexity index is 203. The van der Waals surface area contributed by atoms with Crippen molar-refractivity contribution in [1.29, 1.82) is 0 Å². The molecule has 0 amide bonds. The predicted molar refractivity (Wildman–Crippen MR) is 50.2 cm³/mol. The summed E-state index contributed by atoms with van der Waals surface area (Å²) in [7, 11) is -1.56. The Labute approximate surface area is 79.5 Å². The summed E-state index contributed by atoms with van der Waals surface area (Å²) >= 11 is 0. The van der Waals surface area contributed by atoms with Crippen LogP contribution in [-0.2, 0) is 19.0 Å². The quantitative estimate of drug-likeness (QED) is 0.437. The summed E-state index contributed by atoms with van der Waals surface area (Å²) in [6.45, 7) is 3.23. The lowest BCUT2D eigenvalue weighted by Gasteiger charge is -2.04. The van der Waals surface area contributed by atoms with Gasteiger partial charge in [-0.05, 0) is 14.0 Å². The summed E-state index contributed by atoms with van der Waals surface area (Å²) < 4.78 is 31.4. The van der Waals surface area contributed by atoms with E-state index < -0.39 is 10.1 Å². The summed E-state index contributed by atoms with van der Waals surface area (Å²) in [5.74, 6) is -0.0788. The monoisotopic (exact) mass is 211 g/mol. The maximum atomic E-state index is 10.9. The van der Waals surface area contributed by atoms with Crippen LogP contribution in [0.25, 0.3) is 0 Å². The molecule has 0 aromatic carbocycles. The van der Waals surface area contributed by atoms with Gasteiger partial charge in [0.05, 0.1) is 25.6 Å². The fourth-order valence-electron chi connectivity index (χ4n) is 0.676. The van der Waals surface area contributed by atoms with Crippen LogP contribution >= 0.6 is 0 Å². The molecule has 0 spiro atoms. The van der Waals surface area contributed by atoms with Gasteiger partial charge in [0.1, 0.15) is 0 Å². The van der Waals surface area contributed by atoms with E-state index in [1.54, 1.807) is 14.0 Å². The molecule has 0 radical (unpaired) electrons. The number of hydrogen-bond donors (Lipinski definition) is 1. The third-order valence-corrected chi connectivity index (χ3v) is 2.53. The first-order valence-electron chi connectivity index (χ1n) is 4.22. The van der Waals surface area contributed by atoms with Crippen LogP contribution in [0, 0.1) is 0 Å². The van der Waals surface area contributed by atoms with Crippen LogP contribution in [-0.4, -0.2) is 47.6 Å². The Morgan fingerprint density at radius 3 is 2.54 bits per heavy atom. The summed E-state index contributed by atoms with van der Waals surface area (Å²) in [5.41, 5.74) is 0. The molecule has 0 aliphatic carbocycles. The van der Waals surface area contributed by atoms with Crippen LogP contribution in [0.2, 0.25) is 0 Å². The highest BCUT2D eigenvalue weighted by atomic mass is 32.2. The zero-order valence-electron chi connectivity index (χ0n) is 8.08. The lowest BCUT2D eigenvalue weighted by atomic mass is 10.7. The minimum absolute atomic E-state index is 0.0788. The van der Waals surface area contributed by atoms with E-state index in [4.69, 9.17) is 4.74 Å². The number of rotatable bonds is 8. The van der Waals surface area contributed by atoms with Gasteiger partial charge in [-0.1, -0.05) is 0 Å². The van der Waals surface area contributed by atoms with Gasteiger partial charge in [-0.15, -0.1) is 0 Å². The van der Waals surface area contributed by atoms with Crippen molar-refractivity contribution in [1.82, 2.24) is 5.32 Å². The van der Waals surface area contributed by atoms with E-state index in [2.05, 4.69) is 9.50 Å². The first-order valence-corrected chi connectivity index (χ1v) is 5.79. The Kier molecular flexibility index (Phi) is 7.16. The standard InChI is InChI=1S/C7H17NO4S/c1-3-12-13(9,10)7-6-11-5-4-8-2/h8H,3-7H2,1-2H3. The third kappa shape index (κ3) is 8.17. The van der Waals surface area contributed by atoms with E-state index in [0.717, 1.165) is 0 Å². The van der Waals surface area contributed by atoms with Crippen molar-refractivity contribution >= 4 is 10.1 Å². The fourth-order valence-corrected chi connectivity index (χ4v) is 1.47. The van der Waals surface area contributed by atoms with Gasteiger partial charge < -0.3 is 10.1 Å². The van der Waals surface area contributed by atoms with E-state index in [-0.39, 0.29) is 19.0 Å². The summed E-state index contributed by atoms with van der Waals surface area (Å²) in [4.78, 5) is 0. The zero-order chi connectivity index (χ0) is 10.2. The first kappa shape index (κ1) is 12.8. The molecule has 0 aliphatic heterocycles. The molecule has 13 heavy (non-hydrogen) atoms. The molecule has 0 heterocycles. The third-order valence-electron chi connectivity index (χ3n) is 1.27. The van der Waals surface area contributed by atoms with Crippen LogP contribution < -0.4 is 5.32 Å². The average molecular weight is 211 g/mol. The molecule has 0 saturated carbocycles. The molecular weight excluding hydrogens is 194 g/mol. The zero-order valence-corrected chi connectivity index (χ0v) is 8.89. The second-order valence-corrected chi connectivity index (χ2v) is 4.14. The number of ether oxygens (including phenoxy) is 1. The molecule has 6 heteroatoms. The molecule has 0 rings (SSSR count). The van der Waals surface area contributed by atoms with Gasteiger partial charge >= 0.3 is 0 Å². The molecule has 0 fully saturated rings. The molecule has 0 aliphatic rings. The highest BCUT2D eigenvalue weighted by Gasteiger charge is 2.08. The van der Waals surface area contributed by atoms with E-state index >= 15 is 0 Å². The molecule has 0 saturated heterocycles. The van der Waals surface area contributed by atoms with Gasteiger partial charge in [0, 0.05) is 6.54 Å². The molecule has 0 bridgehead atoms. The first-order chi connectivity index (χ1) is 6.12. The van der Waals surface area contributed by atoms with Gasteiger partial charge in [0.15, 0.2) is 0 Å². The van der Waals surface area contributed by atoms with Crippen LogP contribution in [0.1, 0.15) is 6.92 Å². The van der Waals surface area contributed by atoms with E-state index in [1.165, 1.54) is 0 Å². The fraction of sp³-hybridized carbons (Fsp3) is 1.00. The molecule has 0 unspecified atom stereocenters. The summed E-state index contributed by atoms with van der Waals surface area (Å²) in [5, 5.41) is 2.88. The predicted octanol–water partition coefficient (Wildman–Crippen LogP) is -0.411. The van der Waals surface area contributed by atoms with Crippen LogP contribution in [0.15, 0.2) is 0 Å². The lowest BCUT2D eigenvalue weighted by molar-refractivity contribution is 0.150. The van der Waals surface area contributed by atoms with Crippen molar-refractivity contribution in [2.45, 2.75) is 6.92 Å². The van der Waals surface area contributed by atoms with Gasteiger partial charge in [-0.2, -0.15) is 8.42 Å². The van der Waals surface area contributed by atoms with Crippen molar-refractivity contribution in [2.24, 2.45) is 0 Å². The van der Waals surface area contributed by atoms with E-state index in [1.807, 2.05) is 0 Å². The van der Waals surface area contributed by atoms with Crippen molar-refractivity contribution in [3.63, 3.8) is 0 Å². The Morgan fingerprint density at radius 2 is 2.00 bits per heavy atom. The van der Waals surface area contributed by atoms with Crippen LogP contribution in [0.4, 0.5) is 0 Å². The summed E-state index contributed by atoms with van der Waals surface area (Å²) in [6.07, 6.45) is 0. The SMILES string of the molecule is CCOS(=O)(=O)CCOCCNC. The largest absolute Gasteiger partial charge is 0.379 e. The maximum absolute atomic E-state index is 10.9. The number of likely N-dealkylation sites (N-methyl/N-ethyl adjacent to an activating group) is 1. The van der Waals surface area contributed by atoms with E-state index in [9.17, 15) is 8.42 Å². The molecule has 0 aromatic rings. The van der Waals surface area contributed by atoms with Crippen LogP contribution in [0.3, 0.4) is 0 Å². The Hall–Kier alpha value is -0.170. The molecule has 1 N–H and O–H groups in total. The maximum Gasteiger partial charge on any atom is 0.269 e. The van der Waals surface area contributed by atoms with Gasteiger partial charge in [-0.25, -0.2) is 0 Å². The van der Waals surface area contributed by atoms with Crippen molar-refractivity contribution in [2.75, 3.05) is 39.2 Å². The lowest BCUT2D eigenvalue weighted by Crippen LogP contribution is -2.19. The van der Waals surface area contributed by atoms with Crippen molar-refractivity contribution in [3.8, 4) is 0 Å². The Balaban J connectivity index is 3.41. The minimum Gasteiger partial charge on any atom is -0.379 e. The highest BCUT2D eigenvalue weighted by Crippen LogP contribution is 1.92. The van der Waals surface area contributed by atoms with Crippen molar-refractivity contribution in [3.05, 3.63) is 0 Å². The second kappa shape index (κ2) is 7.25. The van der Waals surface area contributed by atoms with Gasteiger partial charge in [0.2, 0.25) is 0 Å². The molecule has 5 nitrogen and oxygen atoms in total.